The minimum atomic E-state index is -0.0298. The van der Waals surface area contributed by atoms with E-state index in [4.69, 9.17) is 9.84 Å². The fourth-order valence-electron chi connectivity index (χ4n) is 0.808. The van der Waals surface area contributed by atoms with Gasteiger partial charge in [0.1, 0.15) is 0 Å². The molecule has 4 heteroatoms. The Morgan fingerprint density at radius 2 is 2.33 bits per heavy atom. The van der Waals surface area contributed by atoms with Crippen molar-refractivity contribution in [2.75, 3.05) is 20.3 Å². The van der Waals surface area contributed by atoms with Gasteiger partial charge in [0.25, 0.3) is 0 Å². The maximum Gasteiger partial charge on any atom is 0.222 e. The van der Waals surface area contributed by atoms with Gasteiger partial charge in [0.2, 0.25) is 5.91 Å². The van der Waals surface area contributed by atoms with Gasteiger partial charge in [0.05, 0.1) is 6.61 Å². The molecule has 1 atom stereocenters. The number of aliphatic hydroxyl groups excluding tert-OH is 1. The standard InChI is InChI=1S/C8H17NO3/c1-7(3-5-10)9-8(11)4-6-12-2/h7,10H,3-6H2,1-2H3,(H,9,11). The highest BCUT2D eigenvalue weighted by molar-refractivity contribution is 5.76. The van der Waals surface area contributed by atoms with E-state index in [1.54, 1.807) is 7.11 Å². The predicted molar refractivity (Wildman–Crippen MR) is 45.8 cm³/mol. The third-order valence-corrected chi connectivity index (χ3v) is 1.50. The van der Waals surface area contributed by atoms with Crippen LogP contribution in [0.2, 0.25) is 0 Å². The Hall–Kier alpha value is -0.610. The Balaban J connectivity index is 3.40. The molecule has 0 aromatic rings. The molecule has 0 rings (SSSR count). The average Bonchev–Trinajstić information content (AvgIpc) is 2.01. The molecule has 12 heavy (non-hydrogen) atoms. The topological polar surface area (TPSA) is 58.6 Å². The molecule has 0 aliphatic heterocycles. The molecule has 1 amide bonds. The molecule has 0 bridgehead atoms. The molecule has 0 radical (unpaired) electrons. The third kappa shape index (κ3) is 6.12. The highest BCUT2D eigenvalue weighted by Crippen LogP contribution is 1.90. The van der Waals surface area contributed by atoms with Crippen molar-refractivity contribution in [1.82, 2.24) is 5.32 Å². The van der Waals surface area contributed by atoms with Crippen LogP contribution in [0.3, 0.4) is 0 Å². The monoisotopic (exact) mass is 175 g/mol. The van der Waals surface area contributed by atoms with E-state index in [1.807, 2.05) is 6.92 Å². The summed E-state index contributed by atoms with van der Waals surface area (Å²) in [6.45, 7) is 2.41. The number of hydrogen-bond acceptors (Lipinski definition) is 3. The molecule has 0 heterocycles. The van der Waals surface area contributed by atoms with E-state index in [1.165, 1.54) is 0 Å². The van der Waals surface area contributed by atoms with Crippen molar-refractivity contribution in [3.8, 4) is 0 Å². The molecule has 0 aliphatic carbocycles. The zero-order chi connectivity index (χ0) is 9.40. The van der Waals surface area contributed by atoms with Gasteiger partial charge in [-0.2, -0.15) is 0 Å². The maximum absolute atomic E-state index is 11.0. The number of amides is 1. The minimum absolute atomic E-state index is 0.0298. The van der Waals surface area contributed by atoms with Crippen LogP contribution in [0, 0.1) is 0 Å². The minimum Gasteiger partial charge on any atom is -0.396 e. The summed E-state index contributed by atoms with van der Waals surface area (Å²) in [5.41, 5.74) is 0. The van der Waals surface area contributed by atoms with Gasteiger partial charge >= 0.3 is 0 Å². The van der Waals surface area contributed by atoms with Crippen LogP contribution in [0.15, 0.2) is 0 Å². The number of carbonyl (C=O) groups is 1. The second-order valence-electron chi connectivity index (χ2n) is 2.72. The summed E-state index contributed by atoms with van der Waals surface area (Å²) in [7, 11) is 1.56. The van der Waals surface area contributed by atoms with Crippen LogP contribution >= 0.6 is 0 Å². The molecular formula is C8H17NO3. The number of methoxy groups -OCH3 is 1. The van der Waals surface area contributed by atoms with E-state index in [9.17, 15) is 4.79 Å². The van der Waals surface area contributed by atoms with E-state index in [2.05, 4.69) is 5.32 Å². The van der Waals surface area contributed by atoms with Crippen LogP contribution in [-0.4, -0.2) is 37.4 Å². The number of hydrogen-bond donors (Lipinski definition) is 2. The zero-order valence-corrected chi connectivity index (χ0v) is 7.67. The Labute approximate surface area is 72.9 Å². The number of ether oxygens (including phenoxy) is 1. The summed E-state index contributed by atoms with van der Waals surface area (Å²) in [5.74, 6) is -0.0298. The molecule has 0 aromatic carbocycles. The van der Waals surface area contributed by atoms with Gasteiger partial charge < -0.3 is 15.2 Å². The van der Waals surface area contributed by atoms with Crippen molar-refractivity contribution < 1.29 is 14.6 Å². The van der Waals surface area contributed by atoms with E-state index in [0.29, 0.717) is 19.4 Å². The quantitative estimate of drug-likeness (QED) is 0.593. The lowest BCUT2D eigenvalue weighted by molar-refractivity contribution is -0.122. The second-order valence-corrected chi connectivity index (χ2v) is 2.72. The van der Waals surface area contributed by atoms with E-state index in [-0.39, 0.29) is 18.6 Å². The SMILES string of the molecule is COCCC(=O)NC(C)CCO. The largest absolute Gasteiger partial charge is 0.396 e. The Kier molecular flexibility index (Phi) is 6.70. The third-order valence-electron chi connectivity index (χ3n) is 1.50. The number of rotatable bonds is 6. The lowest BCUT2D eigenvalue weighted by Crippen LogP contribution is -2.33. The summed E-state index contributed by atoms with van der Waals surface area (Å²) in [6, 6.07) is 0.0411. The van der Waals surface area contributed by atoms with E-state index in [0.717, 1.165) is 0 Å². The van der Waals surface area contributed by atoms with Crippen molar-refractivity contribution in [3.05, 3.63) is 0 Å². The van der Waals surface area contributed by atoms with Gasteiger partial charge in [-0.25, -0.2) is 0 Å². The van der Waals surface area contributed by atoms with Gasteiger partial charge in [-0.3, -0.25) is 4.79 Å². The van der Waals surface area contributed by atoms with Crippen LogP contribution in [0.1, 0.15) is 19.8 Å². The highest BCUT2D eigenvalue weighted by atomic mass is 16.5. The Morgan fingerprint density at radius 3 is 2.83 bits per heavy atom. The summed E-state index contributed by atoms with van der Waals surface area (Å²) in [6.07, 6.45) is 0.977. The van der Waals surface area contributed by atoms with Gasteiger partial charge in [0, 0.05) is 26.2 Å². The molecule has 0 fully saturated rings. The summed E-state index contributed by atoms with van der Waals surface area (Å²) >= 11 is 0. The molecule has 0 aliphatic rings. The maximum atomic E-state index is 11.0. The molecule has 72 valence electrons. The molecular weight excluding hydrogens is 158 g/mol. The predicted octanol–water partition coefficient (Wildman–Crippen LogP) is -0.0900. The van der Waals surface area contributed by atoms with Crippen molar-refractivity contribution >= 4 is 5.91 Å². The van der Waals surface area contributed by atoms with Crippen molar-refractivity contribution in [2.24, 2.45) is 0 Å². The lowest BCUT2D eigenvalue weighted by atomic mass is 10.2. The highest BCUT2D eigenvalue weighted by Gasteiger charge is 2.05. The first-order valence-electron chi connectivity index (χ1n) is 4.10. The Morgan fingerprint density at radius 1 is 1.67 bits per heavy atom. The molecule has 2 N–H and O–H groups in total. The van der Waals surface area contributed by atoms with Crippen LogP contribution in [0.4, 0.5) is 0 Å². The van der Waals surface area contributed by atoms with Gasteiger partial charge in [-0.15, -0.1) is 0 Å². The lowest BCUT2D eigenvalue weighted by Gasteiger charge is -2.11. The average molecular weight is 175 g/mol. The fraction of sp³-hybridized carbons (Fsp3) is 0.875. The van der Waals surface area contributed by atoms with Crippen LogP contribution in [0.25, 0.3) is 0 Å². The van der Waals surface area contributed by atoms with Crippen molar-refractivity contribution in [3.63, 3.8) is 0 Å². The van der Waals surface area contributed by atoms with Crippen molar-refractivity contribution in [2.45, 2.75) is 25.8 Å². The molecule has 0 saturated carbocycles. The molecule has 0 spiro atoms. The summed E-state index contributed by atoms with van der Waals surface area (Å²) < 4.78 is 4.74. The fourth-order valence-corrected chi connectivity index (χ4v) is 0.808. The first kappa shape index (κ1) is 11.4. The molecule has 0 aromatic heterocycles. The number of carbonyl (C=O) groups excluding carboxylic acids is 1. The van der Waals surface area contributed by atoms with Crippen molar-refractivity contribution in [1.29, 1.82) is 0 Å². The number of aliphatic hydroxyl groups is 1. The van der Waals surface area contributed by atoms with Gasteiger partial charge in [-0.1, -0.05) is 0 Å². The van der Waals surface area contributed by atoms with E-state index < -0.39 is 0 Å². The van der Waals surface area contributed by atoms with E-state index >= 15 is 0 Å². The Bertz CT molecular complexity index is 127. The van der Waals surface area contributed by atoms with Gasteiger partial charge in [0.15, 0.2) is 0 Å². The second kappa shape index (κ2) is 7.06. The molecule has 1 unspecified atom stereocenters. The van der Waals surface area contributed by atoms with Crippen LogP contribution in [-0.2, 0) is 9.53 Å². The molecule has 4 nitrogen and oxygen atoms in total. The number of nitrogens with one attached hydrogen (secondary N) is 1. The first-order valence-corrected chi connectivity index (χ1v) is 4.10. The first-order chi connectivity index (χ1) is 5.70. The zero-order valence-electron chi connectivity index (χ0n) is 7.67. The summed E-state index contributed by atoms with van der Waals surface area (Å²) in [5, 5.41) is 11.3. The van der Waals surface area contributed by atoms with Gasteiger partial charge in [-0.05, 0) is 13.3 Å². The molecule has 0 saturated heterocycles. The smallest absolute Gasteiger partial charge is 0.222 e. The van der Waals surface area contributed by atoms with Crippen LogP contribution < -0.4 is 5.32 Å². The summed E-state index contributed by atoms with van der Waals surface area (Å²) in [4.78, 5) is 11.0. The van der Waals surface area contributed by atoms with Crippen LogP contribution in [0.5, 0.6) is 0 Å². The normalized spacial score (nSPS) is 12.6.